The first-order valence-corrected chi connectivity index (χ1v) is 10.6. The van der Waals surface area contributed by atoms with Gasteiger partial charge in [0.05, 0.1) is 6.10 Å². The van der Waals surface area contributed by atoms with Gasteiger partial charge in [0.25, 0.3) is 0 Å². The standard InChI is InChI=1S/C24H32O4/c1-14-11-18-19-6-5-16(8-10-28-15(2)25)24(19,4)13-21(27)22(18)23(3)9-7-17(26)12-20(14)23/h7-9,12,14,18-19,21-22,27H,5-6,10-11,13H2,1-4H3/b16-8-/t14-,18-,19+,21+,22-,23-,24-/m0/s1. The van der Waals surface area contributed by atoms with Crippen molar-refractivity contribution in [1.29, 1.82) is 0 Å². The summed E-state index contributed by atoms with van der Waals surface area (Å²) in [7, 11) is 0. The molecular weight excluding hydrogens is 352 g/mol. The zero-order valence-corrected chi connectivity index (χ0v) is 17.4. The number of esters is 1. The molecule has 0 bridgehead atoms. The molecule has 0 spiro atoms. The van der Waals surface area contributed by atoms with Gasteiger partial charge in [0.1, 0.15) is 6.61 Å². The van der Waals surface area contributed by atoms with Gasteiger partial charge in [0.15, 0.2) is 5.78 Å². The summed E-state index contributed by atoms with van der Waals surface area (Å²) in [5.41, 5.74) is 2.27. The van der Waals surface area contributed by atoms with Crippen molar-refractivity contribution in [2.45, 2.75) is 59.5 Å². The van der Waals surface area contributed by atoms with Crippen LogP contribution in [0.4, 0.5) is 0 Å². The van der Waals surface area contributed by atoms with Crippen LogP contribution >= 0.6 is 0 Å². The highest BCUT2D eigenvalue weighted by Gasteiger charge is 2.61. The number of allylic oxidation sites excluding steroid dienone is 5. The van der Waals surface area contributed by atoms with Crippen LogP contribution in [0.25, 0.3) is 0 Å². The molecule has 0 aliphatic heterocycles. The molecule has 0 heterocycles. The molecule has 4 rings (SSSR count). The van der Waals surface area contributed by atoms with Crippen LogP contribution < -0.4 is 0 Å². The van der Waals surface area contributed by atoms with E-state index >= 15 is 0 Å². The Hall–Kier alpha value is -1.68. The Morgan fingerprint density at radius 2 is 2.14 bits per heavy atom. The lowest BCUT2D eigenvalue weighted by molar-refractivity contribution is -0.139. The Morgan fingerprint density at radius 3 is 2.86 bits per heavy atom. The van der Waals surface area contributed by atoms with Crippen LogP contribution in [0.5, 0.6) is 0 Å². The SMILES string of the molecule is CC(=O)OC/C=C1/CC[C@@H]2[C@@H]3C[C@H](C)C4=CC(=O)C=C[C@]4(C)[C@@H]3[C@H](O)C[C@@]12C. The van der Waals surface area contributed by atoms with Gasteiger partial charge in [-0.2, -0.15) is 0 Å². The van der Waals surface area contributed by atoms with Gasteiger partial charge in [-0.05, 0) is 67.1 Å². The summed E-state index contributed by atoms with van der Waals surface area (Å²) in [4.78, 5) is 23.1. The summed E-state index contributed by atoms with van der Waals surface area (Å²) < 4.78 is 5.15. The molecule has 3 fully saturated rings. The van der Waals surface area contributed by atoms with Crippen molar-refractivity contribution in [2.24, 2.45) is 34.5 Å². The first kappa shape index (κ1) is 19.6. The van der Waals surface area contributed by atoms with Crippen LogP contribution in [-0.2, 0) is 14.3 Å². The van der Waals surface area contributed by atoms with Gasteiger partial charge in [-0.1, -0.05) is 38.0 Å². The fraction of sp³-hybridized carbons (Fsp3) is 0.667. The molecule has 0 unspecified atom stereocenters. The summed E-state index contributed by atoms with van der Waals surface area (Å²) in [5, 5.41) is 11.3. The van der Waals surface area contributed by atoms with E-state index in [0.29, 0.717) is 24.4 Å². The fourth-order valence-corrected chi connectivity index (χ4v) is 7.19. The van der Waals surface area contributed by atoms with Crippen molar-refractivity contribution in [1.82, 2.24) is 0 Å². The quantitative estimate of drug-likeness (QED) is 0.577. The molecule has 4 aliphatic carbocycles. The van der Waals surface area contributed by atoms with Gasteiger partial charge in [0, 0.05) is 18.3 Å². The molecule has 152 valence electrons. The van der Waals surface area contributed by atoms with Crippen molar-refractivity contribution in [3.63, 3.8) is 0 Å². The van der Waals surface area contributed by atoms with Crippen LogP contribution in [0.15, 0.2) is 35.5 Å². The lowest BCUT2D eigenvalue weighted by Gasteiger charge is -2.59. The predicted molar refractivity (Wildman–Crippen MR) is 107 cm³/mol. The minimum Gasteiger partial charge on any atom is -0.462 e. The predicted octanol–water partition coefficient (Wildman–Crippen LogP) is 4.00. The van der Waals surface area contributed by atoms with Crippen molar-refractivity contribution in [2.75, 3.05) is 6.61 Å². The van der Waals surface area contributed by atoms with E-state index < -0.39 is 6.10 Å². The lowest BCUT2D eigenvalue weighted by atomic mass is 9.46. The number of ketones is 1. The number of aliphatic hydroxyl groups is 1. The minimum atomic E-state index is -0.403. The van der Waals surface area contributed by atoms with Crippen molar-refractivity contribution < 1.29 is 19.4 Å². The van der Waals surface area contributed by atoms with Gasteiger partial charge in [-0.3, -0.25) is 9.59 Å². The third kappa shape index (κ3) is 2.83. The van der Waals surface area contributed by atoms with E-state index in [1.807, 2.05) is 6.08 Å². The maximum atomic E-state index is 12.0. The Morgan fingerprint density at radius 1 is 1.39 bits per heavy atom. The van der Waals surface area contributed by atoms with E-state index in [2.05, 4.69) is 32.9 Å². The minimum absolute atomic E-state index is 0.0355. The molecule has 4 nitrogen and oxygen atoms in total. The van der Waals surface area contributed by atoms with Gasteiger partial charge in [0.2, 0.25) is 0 Å². The highest BCUT2D eigenvalue weighted by Crippen LogP contribution is 2.66. The normalized spacial score (nSPS) is 45.9. The van der Waals surface area contributed by atoms with Gasteiger partial charge in [-0.15, -0.1) is 0 Å². The third-order valence-corrected chi connectivity index (χ3v) is 8.28. The van der Waals surface area contributed by atoms with Gasteiger partial charge in [-0.25, -0.2) is 0 Å². The smallest absolute Gasteiger partial charge is 0.302 e. The fourth-order valence-electron chi connectivity index (χ4n) is 7.19. The van der Waals surface area contributed by atoms with E-state index in [9.17, 15) is 14.7 Å². The van der Waals surface area contributed by atoms with E-state index in [0.717, 1.165) is 25.7 Å². The molecule has 7 atom stereocenters. The second kappa shape index (κ2) is 6.69. The number of aliphatic hydroxyl groups excluding tert-OH is 1. The van der Waals surface area contributed by atoms with Crippen LogP contribution in [0.1, 0.15) is 53.4 Å². The molecule has 4 heteroatoms. The van der Waals surface area contributed by atoms with E-state index in [-0.39, 0.29) is 28.5 Å². The average molecular weight is 385 g/mol. The first-order valence-electron chi connectivity index (χ1n) is 10.6. The van der Waals surface area contributed by atoms with E-state index in [4.69, 9.17) is 4.74 Å². The van der Waals surface area contributed by atoms with Gasteiger partial charge >= 0.3 is 5.97 Å². The Labute approximate surface area is 167 Å². The number of hydrogen-bond acceptors (Lipinski definition) is 4. The molecule has 3 saturated carbocycles. The average Bonchev–Trinajstić information content (AvgIpc) is 2.92. The molecule has 1 N–H and O–H groups in total. The number of ether oxygens (including phenoxy) is 1. The Kier molecular flexibility index (Phi) is 4.69. The Bertz CT molecular complexity index is 790. The monoisotopic (exact) mass is 384 g/mol. The highest BCUT2D eigenvalue weighted by atomic mass is 16.5. The van der Waals surface area contributed by atoms with Crippen molar-refractivity contribution in [3.8, 4) is 0 Å². The van der Waals surface area contributed by atoms with Gasteiger partial charge < -0.3 is 9.84 Å². The number of carbonyl (C=O) groups is 2. The second-order valence-corrected chi connectivity index (χ2v) is 9.81. The second-order valence-electron chi connectivity index (χ2n) is 9.81. The largest absolute Gasteiger partial charge is 0.462 e. The third-order valence-electron chi connectivity index (χ3n) is 8.28. The number of rotatable bonds is 2. The highest BCUT2D eigenvalue weighted by molar-refractivity contribution is 6.01. The molecule has 0 aromatic heterocycles. The zero-order chi connectivity index (χ0) is 20.3. The topological polar surface area (TPSA) is 63.6 Å². The molecule has 4 aliphatic rings. The number of fused-ring (bicyclic) bond motifs is 5. The van der Waals surface area contributed by atoms with E-state index in [1.54, 1.807) is 6.08 Å². The summed E-state index contributed by atoms with van der Waals surface area (Å²) in [6, 6.07) is 0. The lowest BCUT2D eigenvalue weighted by Crippen LogP contribution is -2.56. The summed E-state index contributed by atoms with van der Waals surface area (Å²) in [6.45, 7) is 8.50. The summed E-state index contributed by atoms with van der Waals surface area (Å²) >= 11 is 0. The summed E-state index contributed by atoms with van der Waals surface area (Å²) in [5.74, 6) is 1.28. The maximum absolute atomic E-state index is 12.0. The van der Waals surface area contributed by atoms with Crippen LogP contribution in [-0.4, -0.2) is 29.6 Å². The van der Waals surface area contributed by atoms with Crippen LogP contribution in [0, 0.1) is 34.5 Å². The molecule has 28 heavy (non-hydrogen) atoms. The molecule has 0 aromatic rings. The first-order chi connectivity index (χ1) is 13.2. The maximum Gasteiger partial charge on any atom is 0.302 e. The molecule has 0 radical (unpaired) electrons. The van der Waals surface area contributed by atoms with Crippen molar-refractivity contribution in [3.05, 3.63) is 35.5 Å². The summed E-state index contributed by atoms with van der Waals surface area (Å²) in [6.07, 6.45) is 11.2. The molecule has 0 amide bonds. The molecular formula is C24H32O4. The molecule has 0 aromatic carbocycles. The zero-order valence-electron chi connectivity index (χ0n) is 17.4. The van der Waals surface area contributed by atoms with Crippen LogP contribution in [0.3, 0.4) is 0 Å². The Balaban J connectivity index is 1.67. The number of hydrogen-bond donors (Lipinski definition) is 1. The van der Waals surface area contributed by atoms with Crippen LogP contribution in [0.2, 0.25) is 0 Å². The van der Waals surface area contributed by atoms with E-state index in [1.165, 1.54) is 18.1 Å². The van der Waals surface area contributed by atoms with Crippen molar-refractivity contribution >= 4 is 11.8 Å². The number of carbonyl (C=O) groups excluding carboxylic acids is 2. The molecule has 0 saturated heterocycles.